The maximum atomic E-state index is 12.9. The molecule has 0 radical (unpaired) electrons. The predicted octanol–water partition coefficient (Wildman–Crippen LogP) is 0.811. The van der Waals surface area contributed by atoms with Crippen LogP contribution in [0.25, 0.3) is 0 Å². The Hall–Kier alpha value is -3.77. The number of carboxylic acids is 2. The molecule has 0 saturated carbocycles. The highest BCUT2D eigenvalue weighted by Crippen LogP contribution is 2.30. The minimum atomic E-state index is -3.03. The molecule has 1 heterocycles. The Kier molecular flexibility index (Phi) is 9.49. The largest absolute Gasteiger partial charge is 0.482 e. The first kappa shape index (κ1) is 27.5. The third-order valence-electron chi connectivity index (χ3n) is 5.11. The molecule has 1 aromatic rings. The van der Waals surface area contributed by atoms with Gasteiger partial charge in [0.05, 0.1) is 0 Å². The summed E-state index contributed by atoms with van der Waals surface area (Å²) in [6.07, 6.45) is -3.85. The van der Waals surface area contributed by atoms with Crippen molar-refractivity contribution in [3.8, 4) is 5.75 Å². The first-order chi connectivity index (χ1) is 16.4. The lowest BCUT2D eigenvalue weighted by molar-refractivity contribution is -0.151. The molecule has 192 valence electrons. The number of rotatable bonds is 13. The molecule has 1 aliphatic heterocycles. The van der Waals surface area contributed by atoms with Gasteiger partial charge in [0.15, 0.2) is 6.61 Å². The van der Waals surface area contributed by atoms with E-state index in [4.69, 9.17) is 14.9 Å². The van der Waals surface area contributed by atoms with Crippen LogP contribution in [-0.2, 0) is 30.4 Å². The molecule has 0 bridgehead atoms. The van der Waals surface area contributed by atoms with Crippen LogP contribution in [0.2, 0.25) is 0 Å². The zero-order chi connectivity index (χ0) is 26.3. The first-order valence-electron chi connectivity index (χ1n) is 10.8. The molecule has 13 heteroatoms. The van der Waals surface area contributed by atoms with Gasteiger partial charge in [-0.15, -0.1) is 0 Å². The second-order valence-electron chi connectivity index (χ2n) is 8.45. The number of halogens is 2. The van der Waals surface area contributed by atoms with Gasteiger partial charge in [0, 0.05) is 24.6 Å². The van der Waals surface area contributed by atoms with E-state index in [1.807, 2.05) is 5.32 Å². The van der Waals surface area contributed by atoms with Crippen molar-refractivity contribution in [3.05, 3.63) is 23.8 Å². The highest BCUT2D eigenvalue weighted by Gasteiger charge is 2.34. The smallest absolute Gasteiger partial charge is 0.374 e. The second-order valence-corrected chi connectivity index (χ2v) is 8.45. The van der Waals surface area contributed by atoms with Crippen molar-refractivity contribution in [3.63, 3.8) is 0 Å². The Morgan fingerprint density at radius 2 is 1.77 bits per heavy atom. The molecule has 1 unspecified atom stereocenters. The summed E-state index contributed by atoms with van der Waals surface area (Å²) in [5.74, 6) is -6.05. The number of Topliss-reactive ketones (excluding diaryl/α,β-unsaturated/α-hetero) is 1. The SMILES string of the molecule is CC(C)C[C@H](NC(=O)C1Cc2ccc(OCC(=O)O)cc2N1)C(=O)N[C@@H](CC(F)F)C(=O)C(=O)O. The monoisotopic (exact) mass is 499 g/mol. The van der Waals surface area contributed by atoms with Gasteiger partial charge in [-0.25, -0.2) is 18.4 Å². The molecule has 35 heavy (non-hydrogen) atoms. The van der Waals surface area contributed by atoms with E-state index in [1.165, 1.54) is 6.07 Å². The third kappa shape index (κ3) is 8.19. The predicted molar refractivity (Wildman–Crippen MR) is 117 cm³/mol. The normalized spacial score (nSPS) is 16.1. The van der Waals surface area contributed by atoms with Gasteiger partial charge in [-0.2, -0.15) is 0 Å². The van der Waals surface area contributed by atoms with Crippen molar-refractivity contribution < 1.29 is 47.7 Å². The average Bonchev–Trinajstić information content (AvgIpc) is 3.19. The zero-order valence-corrected chi connectivity index (χ0v) is 19.0. The number of hydrogen-bond acceptors (Lipinski definition) is 7. The lowest BCUT2D eigenvalue weighted by Gasteiger charge is -2.24. The Bertz CT molecular complexity index is 985. The minimum Gasteiger partial charge on any atom is -0.482 e. The first-order valence-corrected chi connectivity index (χ1v) is 10.8. The Labute approximate surface area is 199 Å². The molecule has 3 atom stereocenters. The van der Waals surface area contributed by atoms with Gasteiger partial charge in [-0.05, 0) is 24.0 Å². The van der Waals surface area contributed by atoms with E-state index in [-0.39, 0.29) is 24.5 Å². The highest BCUT2D eigenvalue weighted by atomic mass is 19.3. The number of ether oxygens (including phenoxy) is 1. The molecular formula is C22H27F2N3O8. The van der Waals surface area contributed by atoms with E-state index < -0.39 is 67.1 Å². The summed E-state index contributed by atoms with van der Waals surface area (Å²) in [4.78, 5) is 59.0. The van der Waals surface area contributed by atoms with Gasteiger partial charge in [-0.1, -0.05) is 19.9 Å². The molecule has 0 saturated heterocycles. The molecule has 0 fully saturated rings. The number of anilines is 1. The summed E-state index contributed by atoms with van der Waals surface area (Å²) in [6, 6.07) is 0.823. The quantitative estimate of drug-likeness (QED) is 0.246. The van der Waals surface area contributed by atoms with Gasteiger partial charge in [0.25, 0.3) is 5.78 Å². The number of carboxylic acid groups (broad SMARTS) is 2. The van der Waals surface area contributed by atoms with Gasteiger partial charge >= 0.3 is 11.9 Å². The summed E-state index contributed by atoms with van der Waals surface area (Å²) >= 11 is 0. The van der Waals surface area contributed by atoms with Crippen molar-refractivity contribution in [2.24, 2.45) is 5.92 Å². The lowest BCUT2D eigenvalue weighted by atomic mass is 10.0. The number of ketones is 1. The summed E-state index contributed by atoms with van der Waals surface area (Å²) in [6.45, 7) is 2.98. The molecule has 0 spiro atoms. The van der Waals surface area contributed by atoms with Gasteiger partial charge < -0.3 is 30.9 Å². The number of hydrogen-bond donors (Lipinski definition) is 5. The Morgan fingerprint density at radius 1 is 1.09 bits per heavy atom. The second kappa shape index (κ2) is 12.1. The standard InChI is InChI=1S/C22H27F2N3O8/c1-10(2)5-15(20(31)26-14(8-17(23)24)19(30)22(33)34)27-21(32)16-6-11-3-4-12(7-13(11)25-16)35-9-18(28)29/h3-4,7,10,14-17,25H,5-6,8-9H2,1-2H3,(H,26,31)(H,27,32)(H,28,29)(H,33,34)/t14-,15-,16?/m0/s1. The van der Waals surface area contributed by atoms with Crippen LogP contribution in [0.1, 0.15) is 32.3 Å². The van der Waals surface area contributed by atoms with E-state index >= 15 is 0 Å². The number of aliphatic carboxylic acids is 2. The van der Waals surface area contributed by atoms with Crippen molar-refractivity contribution in [1.29, 1.82) is 0 Å². The molecule has 5 N–H and O–H groups in total. The van der Waals surface area contributed by atoms with Gasteiger partial charge in [-0.3, -0.25) is 14.4 Å². The van der Waals surface area contributed by atoms with E-state index in [1.54, 1.807) is 26.0 Å². The molecule has 0 aromatic heterocycles. The molecule has 11 nitrogen and oxygen atoms in total. The van der Waals surface area contributed by atoms with Crippen LogP contribution < -0.4 is 20.7 Å². The molecule has 2 rings (SSSR count). The topological polar surface area (TPSA) is 171 Å². The van der Waals surface area contributed by atoms with Crippen molar-refractivity contribution >= 4 is 35.2 Å². The fourth-order valence-electron chi connectivity index (χ4n) is 3.53. The van der Waals surface area contributed by atoms with Crippen LogP contribution in [0.4, 0.5) is 14.5 Å². The lowest BCUT2D eigenvalue weighted by Crippen LogP contribution is -2.55. The molecule has 2 amide bonds. The average molecular weight is 499 g/mol. The van der Waals surface area contributed by atoms with Gasteiger partial charge in [0.1, 0.15) is 23.9 Å². The number of carbonyl (C=O) groups is 5. The van der Waals surface area contributed by atoms with E-state index in [2.05, 4.69) is 10.6 Å². The summed E-state index contributed by atoms with van der Waals surface area (Å²) < 4.78 is 30.7. The van der Waals surface area contributed by atoms with Crippen LogP contribution in [0.5, 0.6) is 5.75 Å². The van der Waals surface area contributed by atoms with Crippen LogP contribution in [0.3, 0.4) is 0 Å². The maximum absolute atomic E-state index is 12.9. The van der Waals surface area contributed by atoms with Crippen molar-refractivity contribution in [2.75, 3.05) is 11.9 Å². The number of benzene rings is 1. The maximum Gasteiger partial charge on any atom is 0.374 e. The number of carbonyl (C=O) groups excluding carboxylic acids is 3. The summed E-state index contributed by atoms with van der Waals surface area (Å²) in [5.41, 5.74) is 1.30. The molecular weight excluding hydrogens is 472 g/mol. The minimum absolute atomic E-state index is 0.104. The Balaban J connectivity index is 2.08. The molecule has 1 aromatic carbocycles. The fourth-order valence-corrected chi connectivity index (χ4v) is 3.53. The van der Waals surface area contributed by atoms with E-state index in [0.717, 1.165) is 5.56 Å². The van der Waals surface area contributed by atoms with Crippen LogP contribution in [-0.4, -0.2) is 70.9 Å². The van der Waals surface area contributed by atoms with Gasteiger partial charge in [0.2, 0.25) is 18.2 Å². The fraction of sp³-hybridized carbons (Fsp3) is 0.500. The molecule has 1 aliphatic rings. The van der Waals surface area contributed by atoms with E-state index in [9.17, 15) is 32.8 Å². The third-order valence-corrected chi connectivity index (χ3v) is 5.11. The number of alkyl halides is 2. The van der Waals surface area contributed by atoms with Crippen LogP contribution >= 0.6 is 0 Å². The number of nitrogens with one attached hydrogen (secondary N) is 3. The zero-order valence-electron chi connectivity index (χ0n) is 19.0. The van der Waals surface area contributed by atoms with E-state index in [0.29, 0.717) is 5.69 Å². The highest BCUT2D eigenvalue weighted by molar-refractivity contribution is 6.35. The van der Waals surface area contributed by atoms with Crippen molar-refractivity contribution in [2.45, 2.75) is 57.7 Å². The number of fused-ring (bicyclic) bond motifs is 1. The van der Waals surface area contributed by atoms with Crippen LogP contribution in [0.15, 0.2) is 18.2 Å². The number of amides is 2. The summed E-state index contributed by atoms with van der Waals surface area (Å²) in [7, 11) is 0. The van der Waals surface area contributed by atoms with Crippen LogP contribution in [0, 0.1) is 5.92 Å². The summed E-state index contributed by atoms with van der Waals surface area (Å²) in [5, 5.41) is 25.1. The molecule has 0 aliphatic carbocycles. The van der Waals surface area contributed by atoms with Crippen molar-refractivity contribution in [1.82, 2.24) is 10.6 Å². The Morgan fingerprint density at radius 3 is 2.34 bits per heavy atom.